The van der Waals surface area contributed by atoms with E-state index in [1.807, 2.05) is 42.5 Å². The van der Waals surface area contributed by atoms with Crippen LogP contribution >= 0.6 is 0 Å². The molecule has 1 heterocycles. The summed E-state index contributed by atoms with van der Waals surface area (Å²) in [7, 11) is 1.61. The summed E-state index contributed by atoms with van der Waals surface area (Å²) in [5.41, 5.74) is 1.05. The zero-order chi connectivity index (χ0) is 17.5. The van der Waals surface area contributed by atoms with Crippen LogP contribution in [0.4, 0.5) is 0 Å². The molecule has 0 unspecified atom stereocenters. The Labute approximate surface area is 146 Å². The number of nitrogens with one attached hydrogen (secondary N) is 1. The molecule has 2 aromatic rings. The quantitative estimate of drug-likeness (QED) is 0.746. The molecule has 0 fully saturated rings. The van der Waals surface area contributed by atoms with Gasteiger partial charge < -0.3 is 24.3 Å². The van der Waals surface area contributed by atoms with Gasteiger partial charge in [0.05, 0.1) is 13.7 Å². The molecule has 0 radical (unpaired) electrons. The monoisotopic (exact) mass is 343 g/mol. The van der Waals surface area contributed by atoms with Gasteiger partial charge in [-0.25, -0.2) is 0 Å². The first-order valence-corrected chi connectivity index (χ1v) is 8.16. The zero-order valence-corrected chi connectivity index (χ0v) is 14.1. The Hall–Kier alpha value is -2.89. The number of hydrogen-bond donors (Lipinski definition) is 1. The third kappa shape index (κ3) is 4.79. The fourth-order valence-corrected chi connectivity index (χ4v) is 2.49. The average molecular weight is 343 g/mol. The van der Waals surface area contributed by atoms with Crippen LogP contribution in [0.25, 0.3) is 0 Å². The van der Waals surface area contributed by atoms with E-state index in [0.717, 1.165) is 22.8 Å². The molecule has 0 spiro atoms. The van der Waals surface area contributed by atoms with Crippen LogP contribution in [-0.4, -0.2) is 33.0 Å². The number of carbonyl (C=O) groups excluding carboxylic acids is 1. The van der Waals surface area contributed by atoms with Crippen LogP contribution in [0.3, 0.4) is 0 Å². The molecule has 1 aliphatic rings. The summed E-state index contributed by atoms with van der Waals surface area (Å²) in [6.45, 7) is 1.12. The van der Waals surface area contributed by atoms with Gasteiger partial charge in [0.2, 0.25) is 12.7 Å². The maximum atomic E-state index is 11.9. The van der Waals surface area contributed by atoms with Gasteiger partial charge in [0.25, 0.3) is 0 Å². The van der Waals surface area contributed by atoms with Crippen LogP contribution in [-0.2, 0) is 11.2 Å². The second-order valence-corrected chi connectivity index (χ2v) is 5.57. The normalized spacial score (nSPS) is 11.9. The van der Waals surface area contributed by atoms with Gasteiger partial charge in [-0.05, 0) is 36.2 Å². The van der Waals surface area contributed by atoms with Crippen LogP contribution in [0.1, 0.15) is 12.0 Å². The van der Waals surface area contributed by atoms with Gasteiger partial charge in [-0.2, -0.15) is 0 Å². The highest BCUT2D eigenvalue weighted by molar-refractivity contribution is 5.76. The SMILES string of the molecule is COc1cccc(OCCNC(=O)CCc2ccc3c(c2)OCO3)c1. The molecule has 132 valence electrons. The van der Waals surface area contributed by atoms with Crippen LogP contribution in [0.15, 0.2) is 42.5 Å². The third-order valence-electron chi connectivity index (χ3n) is 3.81. The van der Waals surface area contributed by atoms with Crippen molar-refractivity contribution in [2.75, 3.05) is 27.1 Å². The minimum absolute atomic E-state index is 0.00749. The molecule has 1 amide bonds. The van der Waals surface area contributed by atoms with E-state index in [4.69, 9.17) is 18.9 Å². The predicted molar refractivity (Wildman–Crippen MR) is 92.4 cm³/mol. The highest BCUT2D eigenvalue weighted by Gasteiger charge is 2.13. The van der Waals surface area contributed by atoms with Crippen molar-refractivity contribution < 1.29 is 23.7 Å². The summed E-state index contributed by atoms with van der Waals surface area (Å²) in [5, 5.41) is 2.85. The molecule has 6 heteroatoms. The minimum Gasteiger partial charge on any atom is -0.497 e. The van der Waals surface area contributed by atoms with E-state index in [0.29, 0.717) is 31.7 Å². The van der Waals surface area contributed by atoms with E-state index in [1.54, 1.807) is 7.11 Å². The second-order valence-electron chi connectivity index (χ2n) is 5.57. The summed E-state index contributed by atoms with van der Waals surface area (Å²) in [4.78, 5) is 11.9. The largest absolute Gasteiger partial charge is 0.497 e. The number of rotatable bonds is 8. The number of aryl methyl sites for hydroxylation is 1. The molecule has 1 aliphatic heterocycles. The lowest BCUT2D eigenvalue weighted by atomic mass is 10.1. The second kappa shape index (κ2) is 8.28. The number of benzene rings is 2. The third-order valence-corrected chi connectivity index (χ3v) is 3.81. The summed E-state index contributed by atoms with van der Waals surface area (Å²) >= 11 is 0. The van der Waals surface area contributed by atoms with Crippen molar-refractivity contribution in [3.8, 4) is 23.0 Å². The van der Waals surface area contributed by atoms with Crippen LogP contribution in [0, 0.1) is 0 Å². The first-order valence-electron chi connectivity index (χ1n) is 8.16. The van der Waals surface area contributed by atoms with Crippen molar-refractivity contribution in [3.63, 3.8) is 0 Å². The van der Waals surface area contributed by atoms with E-state index in [2.05, 4.69) is 5.32 Å². The van der Waals surface area contributed by atoms with Gasteiger partial charge in [-0.1, -0.05) is 12.1 Å². The lowest BCUT2D eigenvalue weighted by Crippen LogP contribution is -2.28. The predicted octanol–water partition coefficient (Wildman–Crippen LogP) is 2.55. The molecule has 25 heavy (non-hydrogen) atoms. The molecule has 0 saturated heterocycles. The molecule has 0 aromatic heterocycles. The topological polar surface area (TPSA) is 66.0 Å². The first-order chi connectivity index (χ1) is 12.2. The number of ether oxygens (including phenoxy) is 4. The number of amides is 1. The molecule has 0 saturated carbocycles. The van der Waals surface area contributed by atoms with Crippen molar-refractivity contribution in [2.45, 2.75) is 12.8 Å². The van der Waals surface area contributed by atoms with E-state index >= 15 is 0 Å². The van der Waals surface area contributed by atoms with E-state index in [9.17, 15) is 4.79 Å². The Morgan fingerprint density at radius 2 is 1.96 bits per heavy atom. The molecular formula is C19H21NO5. The average Bonchev–Trinajstić information content (AvgIpc) is 3.11. The lowest BCUT2D eigenvalue weighted by Gasteiger charge is -2.09. The van der Waals surface area contributed by atoms with Crippen LogP contribution in [0.2, 0.25) is 0 Å². The van der Waals surface area contributed by atoms with Gasteiger partial charge in [0.1, 0.15) is 18.1 Å². The van der Waals surface area contributed by atoms with E-state index < -0.39 is 0 Å². The summed E-state index contributed by atoms with van der Waals surface area (Å²) in [6, 6.07) is 13.1. The Morgan fingerprint density at radius 3 is 2.84 bits per heavy atom. The van der Waals surface area contributed by atoms with Gasteiger partial charge in [-0.15, -0.1) is 0 Å². The maximum Gasteiger partial charge on any atom is 0.231 e. The van der Waals surface area contributed by atoms with Gasteiger partial charge >= 0.3 is 0 Å². The zero-order valence-electron chi connectivity index (χ0n) is 14.1. The van der Waals surface area contributed by atoms with Crippen LogP contribution < -0.4 is 24.3 Å². The molecule has 0 bridgehead atoms. The Balaban J connectivity index is 1.35. The molecule has 6 nitrogen and oxygen atoms in total. The highest BCUT2D eigenvalue weighted by atomic mass is 16.7. The van der Waals surface area contributed by atoms with Crippen LogP contribution in [0.5, 0.6) is 23.0 Å². The summed E-state index contributed by atoms with van der Waals surface area (Å²) in [5.74, 6) is 2.94. The van der Waals surface area contributed by atoms with Crippen molar-refractivity contribution in [1.29, 1.82) is 0 Å². The maximum absolute atomic E-state index is 11.9. The highest BCUT2D eigenvalue weighted by Crippen LogP contribution is 2.32. The fourth-order valence-electron chi connectivity index (χ4n) is 2.49. The van der Waals surface area contributed by atoms with Crippen molar-refractivity contribution in [1.82, 2.24) is 5.32 Å². The summed E-state index contributed by atoms with van der Waals surface area (Å²) in [6.07, 6.45) is 1.07. The fraction of sp³-hybridized carbons (Fsp3) is 0.316. The molecule has 1 N–H and O–H groups in total. The van der Waals surface area contributed by atoms with E-state index in [-0.39, 0.29) is 12.7 Å². The molecule has 2 aromatic carbocycles. The van der Waals surface area contributed by atoms with Gasteiger partial charge in [0.15, 0.2) is 11.5 Å². The summed E-state index contributed by atoms with van der Waals surface area (Å²) < 4.78 is 21.3. The molecule has 0 atom stereocenters. The number of hydrogen-bond acceptors (Lipinski definition) is 5. The standard InChI is InChI=1S/C19H21NO5/c1-22-15-3-2-4-16(12-15)23-10-9-20-19(21)8-6-14-5-7-17-18(11-14)25-13-24-17/h2-5,7,11-12H,6,8-10,13H2,1H3,(H,20,21). The number of fused-ring (bicyclic) bond motifs is 1. The van der Waals surface area contributed by atoms with Gasteiger partial charge in [-0.3, -0.25) is 4.79 Å². The van der Waals surface area contributed by atoms with E-state index in [1.165, 1.54) is 0 Å². The Kier molecular flexibility index (Phi) is 5.61. The minimum atomic E-state index is -0.00749. The van der Waals surface area contributed by atoms with Crippen molar-refractivity contribution in [3.05, 3.63) is 48.0 Å². The molecular weight excluding hydrogens is 322 g/mol. The molecule has 0 aliphatic carbocycles. The van der Waals surface area contributed by atoms with Crippen molar-refractivity contribution in [2.24, 2.45) is 0 Å². The Bertz CT molecular complexity index is 732. The van der Waals surface area contributed by atoms with Gasteiger partial charge in [0, 0.05) is 12.5 Å². The number of methoxy groups -OCH3 is 1. The lowest BCUT2D eigenvalue weighted by molar-refractivity contribution is -0.121. The smallest absolute Gasteiger partial charge is 0.231 e. The molecule has 3 rings (SSSR count). The van der Waals surface area contributed by atoms with Crippen molar-refractivity contribution >= 4 is 5.91 Å². The number of carbonyl (C=O) groups is 1. The Morgan fingerprint density at radius 1 is 1.12 bits per heavy atom. The first kappa shape index (κ1) is 17.0.